The molecule has 0 bridgehead atoms. The molecule has 0 aliphatic heterocycles. The van der Waals surface area contributed by atoms with Crippen LogP contribution >= 0.6 is 0 Å². The average molecular weight is 453 g/mol. The van der Waals surface area contributed by atoms with Gasteiger partial charge in [-0.3, -0.25) is 4.79 Å². The summed E-state index contributed by atoms with van der Waals surface area (Å²) in [5.41, 5.74) is 3.39. The lowest BCUT2D eigenvalue weighted by Crippen LogP contribution is -2.25. The number of hydrogen-bond acceptors (Lipinski definition) is 4. The van der Waals surface area contributed by atoms with Gasteiger partial charge in [0.25, 0.3) is 5.91 Å². The predicted octanol–water partition coefficient (Wildman–Crippen LogP) is 5.51. The Hall–Kier alpha value is -4.17. The first-order valence-electron chi connectivity index (χ1n) is 11.4. The summed E-state index contributed by atoms with van der Waals surface area (Å²) in [4.78, 5) is 25.0. The van der Waals surface area contributed by atoms with Crippen LogP contribution in [0.1, 0.15) is 46.8 Å². The Bertz CT molecular complexity index is 1180. The molecule has 0 heterocycles. The van der Waals surface area contributed by atoms with Gasteiger partial charge in [-0.1, -0.05) is 74.0 Å². The Morgan fingerprint density at radius 1 is 0.941 bits per heavy atom. The minimum atomic E-state index is -0.417. The van der Waals surface area contributed by atoms with E-state index in [0.717, 1.165) is 31.2 Å². The van der Waals surface area contributed by atoms with Crippen LogP contribution in [0.5, 0.6) is 5.75 Å². The number of nitriles is 1. The number of carbonyl (C=O) groups is 2. The molecular formula is C29H28N2O3. The van der Waals surface area contributed by atoms with Gasteiger partial charge >= 0.3 is 5.97 Å². The van der Waals surface area contributed by atoms with Crippen molar-refractivity contribution in [1.82, 2.24) is 5.32 Å². The first kappa shape index (κ1) is 24.5. The fourth-order valence-corrected chi connectivity index (χ4v) is 3.44. The van der Waals surface area contributed by atoms with E-state index >= 15 is 0 Å². The number of aryl methyl sites for hydroxylation is 2. The minimum Gasteiger partial charge on any atom is -0.423 e. The van der Waals surface area contributed by atoms with E-state index in [4.69, 9.17) is 4.74 Å². The van der Waals surface area contributed by atoms with Gasteiger partial charge in [-0.2, -0.15) is 5.26 Å². The number of hydrogen-bond donors (Lipinski definition) is 1. The lowest BCUT2D eigenvalue weighted by molar-refractivity contribution is -0.117. The molecule has 0 aliphatic carbocycles. The van der Waals surface area contributed by atoms with E-state index in [9.17, 15) is 14.9 Å². The molecule has 5 heteroatoms. The van der Waals surface area contributed by atoms with Crippen molar-refractivity contribution in [2.45, 2.75) is 32.6 Å². The quantitative estimate of drug-likeness (QED) is 0.145. The number of nitrogens with zero attached hydrogens (tertiary/aromatic N) is 1. The topological polar surface area (TPSA) is 79.2 Å². The van der Waals surface area contributed by atoms with Gasteiger partial charge in [0.05, 0.1) is 5.56 Å². The number of carbonyl (C=O) groups excluding carboxylic acids is 2. The van der Waals surface area contributed by atoms with Crippen molar-refractivity contribution in [1.29, 1.82) is 5.26 Å². The van der Waals surface area contributed by atoms with Crippen LogP contribution in [-0.4, -0.2) is 18.4 Å². The molecule has 0 radical (unpaired) electrons. The molecule has 3 aromatic rings. The van der Waals surface area contributed by atoms with Crippen molar-refractivity contribution in [2.75, 3.05) is 6.54 Å². The maximum Gasteiger partial charge on any atom is 0.343 e. The molecular weight excluding hydrogens is 424 g/mol. The van der Waals surface area contributed by atoms with Gasteiger partial charge in [-0.05, 0) is 60.2 Å². The summed E-state index contributed by atoms with van der Waals surface area (Å²) in [7, 11) is 0. The zero-order chi connectivity index (χ0) is 24.2. The lowest BCUT2D eigenvalue weighted by atomic mass is 10.00. The van der Waals surface area contributed by atoms with E-state index < -0.39 is 11.9 Å². The highest BCUT2D eigenvalue weighted by Gasteiger charge is 2.14. The number of benzene rings is 3. The summed E-state index contributed by atoms with van der Waals surface area (Å²) in [5.74, 6) is -0.413. The Kier molecular flexibility index (Phi) is 9.19. The molecule has 0 saturated heterocycles. The van der Waals surface area contributed by atoms with Gasteiger partial charge in [-0.25, -0.2) is 4.79 Å². The maximum atomic E-state index is 12.8. The molecule has 0 aliphatic rings. The van der Waals surface area contributed by atoms with E-state index in [0.29, 0.717) is 23.4 Å². The molecule has 5 nitrogen and oxygen atoms in total. The number of ether oxygens (including phenoxy) is 1. The van der Waals surface area contributed by atoms with E-state index in [-0.39, 0.29) is 5.57 Å². The molecule has 0 spiro atoms. The molecule has 1 amide bonds. The summed E-state index contributed by atoms with van der Waals surface area (Å²) in [5, 5.41) is 12.0. The summed E-state index contributed by atoms with van der Waals surface area (Å²) >= 11 is 0. The Balaban J connectivity index is 1.65. The third kappa shape index (κ3) is 7.18. The Morgan fingerprint density at radius 3 is 2.35 bits per heavy atom. The highest BCUT2D eigenvalue weighted by molar-refractivity contribution is 6.01. The van der Waals surface area contributed by atoms with Crippen LogP contribution in [0.25, 0.3) is 6.08 Å². The molecule has 172 valence electrons. The molecule has 1 N–H and O–H groups in total. The van der Waals surface area contributed by atoms with Gasteiger partial charge in [0.15, 0.2) is 0 Å². The normalized spacial score (nSPS) is 10.9. The summed E-state index contributed by atoms with van der Waals surface area (Å²) < 4.78 is 5.59. The molecule has 34 heavy (non-hydrogen) atoms. The highest BCUT2D eigenvalue weighted by atomic mass is 16.5. The van der Waals surface area contributed by atoms with Crippen molar-refractivity contribution in [3.05, 3.63) is 107 Å². The van der Waals surface area contributed by atoms with E-state index in [2.05, 4.69) is 17.4 Å². The summed E-state index contributed by atoms with van der Waals surface area (Å²) in [6, 6.07) is 26.3. The summed E-state index contributed by atoms with van der Waals surface area (Å²) in [6.45, 7) is 2.57. The molecule has 3 aromatic carbocycles. The molecule has 3 rings (SSSR count). The van der Waals surface area contributed by atoms with Crippen molar-refractivity contribution in [3.8, 4) is 11.8 Å². The number of amides is 1. The average Bonchev–Trinajstić information content (AvgIpc) is 2.87. The Morgan fingerprint density at radius 2 is 1.65 bits per heavy atom. The largest absolute Gasteiger partial charge is 0.423 e. The van der Waals surface area contributed by atoms with Crippen LogP contribution in [0, 0.1) is 11.3 Å². The van der Waals surface area contributed by atoms with Crippen molar-refractivity contribution in [2.24, 2.45) is 0 Å². The first-order valence-corrected chi connectivity index (χ1v) is 11.4. The predicted molar refractivity (Wildman–Crippen MR) is 133 cm³/mol. The second-order valence-corrected chi connectivity index (χ2v) is 7.88. The highest BCUT2D eigenvalue weighted by Crippen LogP contribution is 2.19. The third-order valence-electron chi connectivity index (χ3n) is 5.35. The second-order valence-electron chi connectivity index (χ2n) is 7.88. The van der Waals surface area contributed by atoms with Crippen LogP contribution < -0.4 is 10.1 Å². The number of esters is 1. The summed E-state index contributed by atoms with van der Waals surface area (Å²) in [6.07, 6.45) is 4.91. The van der Waals surface area contributed by atoms with Crippen LogP contribution in [0.4, 0.5) is 0 Å². The number of rotatable bonds is 10. The van der Waals surface area contributed by atoms with Crippen molar-refractivity contribution >= 4 is 18.0 Å². The van der Waals surface area contributed by atoms with Crippen LogP contribution in [0.2, 0.25) is 0 Å². The minimum absolute atomic E-state index is 0.0354. The molecule has 0 saturated carbocycles. The van der Waals surface area contributed by atoms with Crippen LogP contribution in [-0.2, 0) is 17.6 Å². The number of unbranched alkanes of at least 4 members (excludes halogenated alkanes) is 1. The van der Waals surface area contributed by atoms with Crippen LogP contribution in [0.3, 0.4) is 0 Å². The Labute approximate surface area is 200 Å². The van der Waals surface area contributed by atoms with E-state index in [1.165, 1.54) is 11.6 Å². The van der Waals surface area contributed by atoms with Crippen molar-refractivity contribution < 1.29 is 14.3 Å². The first-order chi connectivity index (χ1) is 16.6. The van der Waals surface area contributed by atoms with E-state index in [1.807, 2.05) is 49.4 Å². The van der Waals surface area contributed by atoms with Crippen molar-refractivity contribution in [3.63, 3.8) is 0 Å². The van der Waals surface area contributed by atoms with Gasteiger partial charge in [0, 0.05) is 6.54 Å². The van der Waals surface area contributed by atoms with Gasteiger partial charge < -0.3 is 10.1 Å². The lowest BCUT2D eigenvalue weighted by Gasteiger charge is -2.10. The fraction of sp³-hybridized carbons (Fsp3) is 0.207. The van der Waals surface area contributed by atoms with E-state index in [1.54, 1.807) is 30.3 Å². The zero-order valence-electron chi connectivity index (χ0n) is 19.3. The molecule has 0 fully saturated rings. The number of nitrogens with one attached hydrogen (secondary N) is 1. The SMILES string of the molecule is CCCCNC(=O)/C(C#N)=C/c1ccc(OC(=O)c2ccccc2CCc2ccccc2)cc1. The van der Waals surface area contributed by atoms with Gasteiger partial charge in [-0.15, -0.1) is 0 Å². The fourth-order valence-electron chi connectivity index (χ4n) is 3.44. The zero-order valence-corrected chi connectivity index (χ0v) is 19.3. The second kappa shape index (κ2) is 12.8. The third-order valence-corrected chi connectivity index (χ3v) is 5.35. The van der Waals surface area contributed by atoms with Crippen LogP contribution in [0.15, 0.2) is 84.4 Å². The van der Waals surface area contributed by atoms with Gasteiger partial charge in [0.2, 0.25) is 0 Å². The standard InChI is InChI=1S/C29H28N2O3/c1-2-3-19-31-28(32)25(21-30)20-23-14-17-26(18-15-23)34-29(33)27-12-8-7-11-24(27)16-13-22-9-5-4-6-10-22/h4-12,14-15,17-18,20H,2-3,13,16,19H2,1H3,(H,31,32)/b25-20+. The monoisotopic (exact) mass is 452 g/mol. The van der Waals surface area contributed by atoms with Gasteiger partial charge in [0.1, 0.15) is 17.4 Å². The molecule has 0 aromatic heterocycles. The maximum absolute atomic E-state index is 12.8. The molecule has 0 atom stereocenters. The molecule has 0 unspecified atom stereocenters. The smallest absolute Gasteiger partial charge is 0.343 e.